The minimum Gasteiger partial charge on any atom is -0.379 e. The van der Waals surface area contributed by atoms with E-state index >= 15 is 0 Å². The highest BCUT2D eigenvalue weighted by molar-refractivity contribution is 5.92. The van der Waals surface area contributed by atoms with E-state index in [2.05, 4.69) is 22.1 Å². The van der Waals surface area contributed by atoms with Crippen LogP contribution in [0.1, 0.15) is 40.8 Å². The van der Waals surface area contributed by atoms with E-state index in [9.17, 15) is 4.79 Å². The summed E-state index contributed by atoms with van der Waals surface area (Å²) in [6.07, 6.45) is 3.75. The molecule has 2 fully saturated rings. The Hall–Kier alpha value is -2.25. The average Bonchev–Trinajstić information content (AvgIpc) is 3.31. The van der Waals surface area contributed by atoms with Gasteiger partial charge in [-0.15, -0.1) is 0 Å². The summed E-state index contributed by atoms with van der Waals surface area (Å²) in [4.78, 5) is 22.0. The molecule has 0 N–H and O–H groups in total. The SMILES string of the molecule is Cn1ccc(C(=O)N2CCC[C@H]2c2cccc(CN3CCOCC3)n2)n1. The molecule has 2 aliphatic heterocycles. The maximum absolute atomic E-state index is 12.8. The maximum atomic E-state index is 12.8. The first-order chi connectivity index (χ1) is 12.7. The summed E-state index contributed by atoms with van der Waals surface area (Å²) in [7, 11) is 1.83. The van der Waals surface area contributed by atoms with Gasteiger partial charge in [-0.2, -0.15) is 5.10 Å². The van der Waals surface area contributed by atoms with Crippen molar-refractivity contribution in [2.75, 3.05) is 32.8 Å². The standard InChI is InChI=1S/C19H25N5O2/c1-22-9-7-17(21-22)19(25)24-8-3-6-18(24)16-5-2-4-15(20-16)14-23-10-12-26-13-11-23/h2,4-5,7,9,18H,3,6,8,10-14H2,1H3/t18-/m0/s1. The first-order valence-electron chi connectivity index (χ1n) is 9.27. The summed E-state index contributed by atoms with van der Waals surface area (Å²) < 4.78 is 7.08. The number of carbonyl (C=O) groups excluding carboxylic acids is 1. The number of morpholine rings is 1. The topological polar surface area (TPSA) is 63.5 Å². The number of rotatable bonds is 4. The molecule has 26 heavy (non-hydrogen) atoms. The van der Waals surface area contributed by atoms with Crippen LogP contribution in [0.3, 0.4) is 0 Å². The van der Waals surface area contributed by atoms with Crippen molar-refractivity contribution in [1.29, 1.82) is 0 Å². The number of aryl methyl sites for hydroxylation is 1. The van der Waals surface area contributed by atoms with Crippen LogP contribution in [-0.4, -0.2) is 63.3 Å². The Morgan fingerprint density at radius 1 is 1.23 bits per heavy atom. The van der Waals surface area contributed by atoms with Gasteiger partial charge >= 0.3 is 0 Å². The van der Waals surface area contributed by atoms with Gasteiger partial charge in [0.05, 0.1) is 30.6 Å². The first kappa shape index (κ1) is 17.2. The van der Waals surface area contributed by atoms with Gasteiger partial charge in [0.2, 0.25) is 0 Å². The number of amides is 1. The molecule has 0 saturated carbocycles. The van der Waals surface area contributed by atoms with Gasteiger partial charge in [-0.25, -0.2) is 0 Å². The Balaban J connectivity index is 1.50. The second kappa shape index (κ2) is 7.55. The van der Waals surface area contributed by atoms with Gasteiger partial charge in [0.15, 0.2) is 0 Å². The lowest BCUT2D eigenvalue weighted by atomic mass is 10.1. The van der Waals surface area contributed by atoms with Gasteiger partial charge in [-0.1, -0.05) is 6.07 Å². The van der Waals surface area contributed by atoms with Crippen molar-refractivity contribution >= 4 is 5.91 Å². The Morgan fingerprint density at radius 3 is 2.85 bits per heavy atom. The van der Waals surface area contributed by atoms with Gasteiger partial charge in [0.25, 0.3) is 5.91 Å². The summed E-state index contributed by atoms with van der Waals surface area (Å²) in [6.45, 7) is 5.05. The minimum atomic E-state index is -0.00603. The van der Waals surface area contributed by atoms with E-state index in [1.165, 1.54) is 0 Å². The molecule has 2 saturated heterocycles. The summed E-state index contributed by atoms with van der Waals surface area (Å²) in [5.41, 5.74) is 2.54. The third-order valence-electron chi connectivity index (χ3n) is 5.11. The fourth-order valence-electron chi connectivity index (χ4n) is 3.75. The molecular formula is C19H25N5O2. The third-order valence-corrected chi connectivity index (χ3v) is 5.11. The molecule has 4 heterocycles. The smallest absolute Gasteiger partial charge is 0.274 e. The van der Waals surface area contributed by atoms with Crippen LogP contribution in [0.2, 0.25) is 0 Å². The Morgan fingerprint density at radius 2 is 2.08 bits per heavy atom. The molecule has 1 atom stereocenters. The van der Waals surface area contributed by atoms with Crippen LogP contribution in [0.25, 0.3) is 0 Å². The number of hydrogen-bond donors (Lipinski definition) is 0. The van der Waals surface area contributed by atoms with Crippen molar-refractivity contribution in [2.45, 2.75) is 25.4 Å². The molecule has 0 radical (unpaired) electrons. The number of hydrogen-bond acceptors (Lipinski definition) is 5. The maximum Gasteiger partial charge on any atom is 0.274 e. The van der Waals surface area contributed by atoms with Gasteiger partial charge in [-0.3, -0.25) is 19.4 Å². The summed E-state index contributed by atoms with van der Waals surface area (Å²) in [5.74, 6) is -0.00603. The highest BCUT2D eigenvalue weighted by atomic mass is 16.5. The predicted molar refractivity (Wildman–Crippen MR) is 96.6 cm³/mol. The molecule has 0 unspecified atom stereocenters. The zero-order valence-corrected chi connectivity index (χ0v) is 15.2. The highest BCUT2D eigenvalue weighted by Gasteiger charge is 2.32. The lowest BCUT2D eigenvalue weighted by Gasteiger charge is -2.27. The molecule has 138 valence electrons. The van der Waals surface area contributed by atoms with Crippen LogP contribution in [-0.2, 0) is 18.3 Å². The monoisotopic (exact) mass is 355 g/mol. The molecule has 0 aromatic carbocycles. The van der Waals surface area contributed by atoms with Gasteiger partial charge < -0.3 is 9.64 Å². The van der Waals surface area contributed by atoms with E-state index in [0.717, 1.165) is 63.6 Å². The molecule has 7 heteroatoms. The molecule has 1 amide bonds. The van der Waals surface area contributed by atoms with Crippen LogP contribution < -0.4 is 0 Å². The number of likely N-dealkylation sites (tertiary alicyclic amines) is 1. The summed E-state index contributed by atoms with van der Waals surface area (Å²) in [5, 5.41) is 4.26. The molecule has 7 nitrogen and oxygen atoms in total. The Labute approximate surface area is 153 Å². The van der Waals surface area contributed by atoms with Crippen LogP contribution in [0.5, 0.6) is 0 Å². The number of ether oxygens (including phenoxy) is 1. The molecule has 0 spiro atoms. The number of carbonyl (C=O) groups is 1. The van der Waals surface area contributed by atoms with E-state index in [1.54, 1.807) is 16.9 Å². The Kier molecular flexibility index (Phi) is 4.99. The van der Waals surface area contributed by atoms with Crippen molar-refractivity contribution in [1.82, 2.24) is 24.6 Å². The second-order valence-electron chi connectivity index (χ2n) is 6.97. The first-order valence-corrected chi connectivity index (χ1v) is 9.27. The molecule has 2 aromatic heterocycles. The zero-order valence-electron chi connectivity index (χ0n) is 15.2. The average molecular weight is 355 g/mol. The second-order valence-corrected chi connectivity index (χ2v) is 6.97. The number of pyridine rings is 1. The molecule has 4 rings (SSSR count). The summed E-state index contributed by atoms with van der Waals surface area (Å²) in [6, 6.07) is 7.98. The predicted octanol–water partition coefficient (Wildman–Crippen LogP) is 1.62. The quantitative estimate of drug-likeness (QED) is 0.834. The molecule has 0 aliphatic carbocycles. The van der Waals surface area contributed by atoms with Crippen molar-refractivity contribution < 1.29 is 9.53 Å². The lowest BCUT2D eigenvalue weighted by molar-refractivity contribution is 0.0336. The van der Waals surface area contributed by atoms with Crippen molar-refractivity contribution in [2.24, 2.45) is 7.05 Å². The molecule has 2 aromatic rings. The lowest BCUT2D eigenvalue weighted by Crippen LogP contribution is -2.36. The van der Waals surface area contributed by atoms with E-state index in [0.29, 0.717) is 5.69 Å². The number of nitrogens with zero attached hydrogens (tertiary/aromatic N) is 5. The van der Waals surface area contributed by atoms with E-state index in [4.69, 9.17) is 9.72 Å². The zero-order chi connectivity index (χ0) is 17.9. The van der Waals surface area contributed by atoms with Gasteiger partial charge in [-0.05, 0) is 31.0 Å². The molecular weight excluding hydrogens is 330 g/mol. The van der Waals surface area contributed by atoms with Crippen LogP contribution in [0.15, 0.2) is 30.5 Å². The largest absolute Gasteiger partial charge is 0.379 e. The summed E-state index contributed by atoms with van der Waals surface area (Å²) >= 11 is 0. The molecule has 2 aliphatic rings. The fraction of sp³-hybridized carbons (Fsp3) is 0.526. The van der Waals surface area contributed by atoms with Crippen molar-refractivity contribution in [3.63, 3.8) is 0 Å². The third kappa shape index (κ3) is 3.64. The van der Waals surface area contributed by atoms with Crippen molar-refractivity contribution in [3.05, 3.63) is 47.5 Å². The molecule has 0 bridgehead atoms. The van der Waals surface area contributed by atoms with Crippen LogP contribution >= 0.6 is 0 Å². The van der Waals surface area contributed by atoms with Crippen LogP contribution in [0, 0.1) is 0 Å². The van der Waals surface area contributed by atoms with E-state index < -0.39 is 0 Å². The Bertz CT molecular complexity index is 769. The van der Waals surface area contributed by atoms with Gasteiger partial charge in [0.1, 0.15) is 5.69 Å². The van der Waals surface area contributed by atoms with Gasteiger partial charge in [0, 0.05) is 39.4 Å². The van der Waals surface area contributed by atoms with E-state index in [1.807, 2.05) is 18.0 Å². The fourth-order valence-corrected chi connectivity index (χ4v) is 3.75. The van der Waals surface area contributed by atoms with Crippen molar-refractivity contribution in [3.8, 4) is 0 Å². The normalized spacial score (nSPS) is 21.3. The van der Waals surface area contributed by atoms with Crippen LogP contribution in [0.4, 0.5) is 0 Å². The number of aromatic nitrogens is 3. The highest BCUT2D eigenvalue weighted by Crippen LogP contribution is 2.32. The minimum absolute atomic E-state index is 0.00603. The van der Waals surface area contributed by atoms with E-state index in [-0.39, 0.29) is 11.9 Å².